The summed E-state index contributed by atoms with van der Waals surface area (Å²) in [5, 5.41) is 0. The predicted molar refractivity (Wildman–Crippen MR) is 91.9 cm³/mol. The monoisotopic (exact) mass is 335 g/mol. The van der Waals surface area contributed by atoms with Crippen molar-refractivity contribution < 1.29 is 8.42 Å². The van der Waals surface area contributed by atoms with E-state index in [4.69, 9.17) is 0 Å². The van der Waals surface area contributed by atoms with Gasteiger partial charge in [0.15, 0.2) is 0 Å². The Labute approximate surface area is 138 Å². The Bertz CT molecular complexity index is 714. The zero-order valence-corrected chi connectivity index (χ0v) is 14.9. The van der Waals surface area contributed by atoms with Crippen molar-refractivity contribution in [2.24, 2.45) is 0 Å². The highest BCUT2D eigenvalue weighted by Gasteiger charge is 2.19. The van der Waals surface area contributed by atoms with Gasteiger partial charge in [-0.3, -0.25) is 0 Å². The van der Waals surface area contributed by atoms with E-state index in [1.165, 1.54) is 0 Å². The molecule has 0 fully saturated rings. The SMILES string of the molecule is Cc1cc(C)c(S(=O)(=O)NCCCCCn2ccnc2)c(C)c1. The molecule has 0 bridgehead atoms. The molecule has 0 saturated carbocycles. The number of benzene rings is 1. The molecule has 0 saturated heterocycles. The van der Waals surface area contributed by atoms with E-state index in [9.17, 15) is 8.42 Å². The highest BCUT2D eigenvalue weighted by Crippen LogP contribution is 2.21. The second kappa shape index (κ2) is 7.75. The third kappa shape index (κ3) is 4.91. The maximum atomic E-state index is 12.5. The minimum absolute atomic E-state index is 0.418. The Kier molecular flexibility index (Phi) is 5.96. The summed E-state index contributed by atoms with van der Waals surface area (Å²) in [4.78, 5) is 4.42. The van der Waals surface area contributed by atoms with Gasteiger partial charge in [0.1, 0.15) is 0 Å². The lowest BCUT2D eigenvalue weighted by molar-refractivity contribution is 0.560. The Morgan fingerprint density at radius 3 is 2.39 bits per heavy atom. The van der Waals surface area contributed by atoms with E-state index in [0.717, 1.165) is 42.5 Å². The molecule has 0 spiro atoms. The summed E-state index contributed by atoms with van der Waals surface area (Å²) in [7, 11) is -3.43. The summed E-state index contributed by atoms with van der Waals surface area (Å²) < 4.78 is 29.7. The van der Waals surface area contributed by atoms with Crippen molar-refractivity contribution in [1.82, 2.24) is 14.3 Å². The van der Waals surface area contributed by atoms with Crippen LogP contribution in [-0.2, 0) is 16.6 Å². The van der Waals surface area contributed by atoms with Crippen LogP contribution in [0.15, 0.2) is 35.7 Å². The molecule has 6 heteroatoms. The zero-order chi connectivity index (χ0) is 16.9. The molecule has 2 rings (SSSR count). The van der Waals surface area contributed by atoms with Gasteiger partial charge in [-0.1, -0.05) is 24.1 Å². The largest absolute Gasteiger partial charge is 0.337 e. The van der Waals surface area contributed by atoms with E-state index >= 15 is 0 Å². The quantitative estimate of drug-likeness (QED) is 0.754. The normalized spacial score (nSPS) is 11.8. The molecule has 0 aliphatic heterocycles. The van der Waals surface area contributed by atoms with Crippen molar-refractivity contribution >= 4 is 10.0 Å². The molecule has 0 unspecified atom stereocenters. The van der Waals surface area contributed by atoms with E-state index in [1.807, 2.05) is 43.7 Å². The van der Waals surface area contributed by atoms with Crippen molar-refractivity contribution in [2.75, 3.05) is 6.54 Å². The van der Waals surface area contributed by atoms with Gasteiger partial charge in [0.05, 0.1) is 11.2 Å². The summed E-state index contributed by atoms with van der Waals surface area (Å²) >= 11 is 0. The molecule has 0 radical (unpaired) electrons. The van der Waals surface area contributed by atoms with Gasteiger partial charge in [-0.05, 0) is 44.7 Å². The highest BCUT2D eigenvalue weighted by atomic mass is 32.2. The van der Waals surface area contributed by atoms with Crippen LogP contribution in [0.4, 0.5) is 0 Å². The van der Waals surface area contributed by atoms with E-state index in [0.29, 0.717) is 11.4 Å². The average molecular weight is 335 g/mol. The molecule has 1 N–H and O–H groups in total. The summed E-state index contributed by atoms with van der Waals surface area (Å²) in [6, 6.07) is 3.82. The number of nitrogens with one attached hydrogen (secondary N) is 1. The number of aryl methyl sites for hydroxylation is 4. The van der Waals surface area contributed by atoms with Gasteiger partial charge in [0, 0.05) is 25.5 Å². The maximum absolute atomic E-state index is 12.5. The number of rotatable bonds is 8. The Balaban J connectivity index is 1.82. The van der Waals surface area contributed by atoms with Crippen molar-refractivity contribution in [3.63, 3.8) is 0 Å². The molecular weight excluding hydrogens is 310 g/mol. The van der Waals surface area contributed by atoms with Crippen molar-refractivity contribution in [3.8, 4) is 0 Å². The second-order valence-corrected chi connectivity index (χ2v) is 7.69. The van der Waals surface area contributed by atoms with E-state index in [-0.39, 0.29) is 0 Å². The van der Waals surface area contributed by atoms with Crippen LogP contribution in [0.1, 0.15) is 36.0 Å². The highest BCUT2D eigenvalue weighted by molar-refractivity contribution is 7.89. The lowest BCUT2D eigenvalue weighted by Gasteiger charge is -2.13. The average Bonchev–Trinajstić information content (AvgIpc) is 2.94. The summed E-state index contributed by atoms with van der Waals surface area (Å²) in [5.74, 6) is 0. The summed E-state index contributed by atoms with van der Waals surface area (Å²) in [6.07, 6.45) is 8.32. The van der Waals surface area contributed by atoms with Crippen molar-refractivity contribution in [1.29, 1.82) is 0 Å². The van der Waals surface area contributed by atoms with Crippen LogP contribution in [0.25, 0.3) is 0 Å². The number of nitrogens with zero attached hydrogens (tertiary/aromatic N) is 2. The number of hydrogen-bond donors (Lipinski definition) is 1. The van der Waals surface area contributed by atoms with Gasteiger partial charge < -0.3 is 4.57 Å². The number of sulfonamides is 1. The molecule has 1 aromatic heterocycles. The van der Waals surface area contributed by atoms with Crippen molar-refractivity contribution in [2.45, 2.75) is 51.5 Å². The van der Waals surface area contributed by atoms with E-state index in [1.54, 1.807) is 12.5 Å². The van der Waals surface area contributed by atoms with Crippen LogP contribution in [0.2, 0.25) is 0 Å². The first-order valence-electron chi connectivity index (χ1n) is 7.93. The van der Waals surface area contributed by atoms with Crippen molar-refractivity contribution in [3.05, 3.63) is 47.5 Å². The number of unbranched alkanes of at least 4 members (excludes halogenated alkanes) is 2. The standard InChI is InChI=1S/C17H25N3O2S/c1-14-11-15(2)17(16(3)12-14)23(21,22)19-7-5-4-6-9-20-10-8-18-13-20/h8,10-13,19H,4-7,9H2,1-3H3. The van der Waals surface area contributed by atoms with Gasteiger partial charge in [-0.25, -0.2) is 18.1 Å². The first-order valence-corrected chi connectivity index (χ1v) is 9.42. The molecule has 0 atom stereocenters. The number of imidazole rings is 1. The Morgan fingerprint density at radius 1 is 1.09 bits per heavy atom. The summed E-state index contributed by atoms with van der Waals surface area (Å²) in [5.41, 5.74) is 2.68. The third-order valence-electron chi connectivity index (χ3n) is 3.82. The first kappa shape index (κ1) is 17.7. The Morgan fingerprint density at radius 2 is 1.78 bits per heavy atom. The van der Waals surface area contributed by atoms with Crippen LogP contribution >= 0.6 is 0 Å². The molecule has 0 aliphatic rings. The minimum atomic E-state index is -3.43. The minimum Gasteiger partial charge on any atom is -0.337 e. The Hall–Kier alpha value is -1.66. The van der Waals surface area contributed by atoms with E-state index < -0.39 is 10.0 Å². The second-order valence-electron chi connectivity index (χ2n) is 5.99. The lowest BCUT2D eigenvalue weighted by atomic mass is 10.1. The third-order valence-corrected chi connectivity index (χ3v) is 5.58. The van der Waals surface area contributed by atoms with Crippen LogP contribution in [0.3, 0.4) is 0 Å². The maximum Gasteiger partial charge on any atom is 0.241 e. The lowest BCUT2D eigenvalue weighted by Crippen LogP contribution is -2.26. The van der Waals surface area contributed by atoms with Crippen LogP contribution in [0, 0.1) is 20.8 Å². The predicted octanol–water partition coefficient (Wildman–Crippen LogP) is 2.96. The molecule has 0 amide bonds. The molecule has 126 valence electrons. The summed E-state index contributed by atoms with van der Waals surface area (Å²) in [6.45, 7) is 7.06. The molecule has 23 heavy (non-hydrogen) atoms. The number of aromatic nitrogens is 2. The van der Waals surface area contributed by atoms with Crippen LogP contribution in [0.5, 0.6) is 0 Å². The molecule has 1 aromatic carbocycles. The smallest absolute Gasteiger partial charge is 0.241 e. The number of hydrogen-bond acceptors (Lipinski definition) is 3. The van der Waals surface area contributed by atoms with Crippen LogP contribution in [-0.4, -0.2) is 24.5 Å². The first-order chi connectivity index (χ1) is 10.9. The van der Waals surface area contributed by atoms with Gasteiger partial charge in [0.25, 0.3) is 0 Å². The molecular formula is C17H25N3O2S. The fourth-order valence-corrected chi connectivity index (χ4v) is 4.41. The van der Waals surface area contributed by atoms with Gasteiger partial charge in [0.2, 0.25) is 10.0 Å². The molecule has 0 aliphatic carbocycles. The van der Waals surface area contributed by atoms with E-state index in [2.05, 4.69) is 9.71 Å². The fraction of sp³-hybridized carbons (Fsp3) is 0.471. The molecule has 1 heterocycles. The van der Waals surface area contributed by atoms with Gasteiger partial charge >= 0.3 is 0 Å². The topological polar surface area (TPSA) is 64.0 Å². The van der Waals surface area contributed by atoms with Crippen LogP contribution < -0.4 is 4.72 Å². The van der Waals surface area contributed by atoms with Gasteiger partial charge in [-0.2, -0.15) is 0 Å². The fourth-order valence-electron chi connectivity index (χ4n) is 2.88. The molecule has 5 nitrogen and oxygen atoms in total. The molecule has 2 aromatic rings. The van der Waals surface area contributed by atoms with Gasteiger partial charge in [-0.15, -0.1) is 0 Å². The zero-order valence-electron chi connectivity index (χ0n) is 14.0.